The first kappa shape index (κ1) is 28.5. The van der Waals surface area contributed by atoms with Crippen molar-refractivity contribution in [3.05, 3.63) is 76.8 Å². The minimum Gasteiger partial charge on any atom is -0.338 e. The van der Waals surface area contributed by atoms with E-state index in [2.05, 4.69) is 40.5 Å². The minimum absolute atomic E-state index is 0.0378. The van der Waals surface area contributed by atoms with Gasteiger partial charge in [-0.05, 0) is 67.5 Å². The van der Waals surface area contributed by atoms with Crippen LogP contribution in [0.25, 0.3) is 5.57 Å². The number of nitrogens with one attached hydrogen (secondary N) is 1. The molecule has 0 unspecified atom stereocenters. The van der Waals surface area contributed by atoms with Crippen molar-refractivity contribution >= 4 is 17.4 Å². The fourth-order valence-electron chi connectivity index (χ4n) is 5.45. The number of hydrogen-bond donors (Lipinski definition) is 1. The predicted octanol–water partition coefficient (Wildman–Crippen LogP) is 5.76. The number of benzene rings is 1. The quantitative estimate of drug-likeness (QED) is 0.479. The maximum absolute atomic E-state index is 14.8. The Bertz CT molecular complexity index is 1290. The van der Waals surface area contributed by atoms with Gasteiger partial charge in [0.15, 0.2) is 5.82 Å². The molecule has 1 aliphatic carbocycles. The van der Waals surface area contributed by atoms with Crippen molar-refractivity contribution in [3.63, 3.8) is 0 Å². The average molecular weight is 534 g/mol. The molecule has 0 radical (unpaired) electrons. The SMILES string of the molecule is C=C(/C=C\C=C(/C)c1nnc2n1CCC2)NC(=O)c1cc2c(cc1F)CCN(C(=O)C1CCCC1)C2.CCC. The second-order valence-electron chi connectivity index (χ2n) is 10.7. The molecule has 39 heavy (non-hydrogen) atoms. The smallest absolute Gasteiger partial charge is 0.258 e. The summed E-state index contributed by atoms with van der Waals surface area (Å²) in [5, 5.41) is 11.2. The summed E-state index contributed by atoms with van der Waals surface area (Å²) in [5.41, 5.74) is 2.97. The van der Waals surface area contributed by atoms with Crippen molar-refractivity contribution in [1.29, 1.82) is 0 Å². The van der Waals surface area contributed by atoms with Gasteiger partial charge < -0.3 is 14.8 Å². The normalized spacial score (nSPS) is 17.0. The molecule has 1 N–H and O–H groups in total. The second kappa shape index (κ2) is 13.0. The van der Waals surface area contributed by atoms with Gasteiger partial charge in [-0.15, -0.1) is 10.2 Å². The molecular formula is C31H40FN5O2. The summed E-state index contributed by atoms with van der Waals surface area (Å²) in [7, 11) is 0. The lowest BCUT2D eigenvalue weighted by Gasteiger charge is -2.31. The summed E-state index contributed by atoms with van der Waals surface area (Å²) in [6.07, 6.45) is 13.3. The van der Waals surface area contributed by atoms with Gasteiger partial charge in [0.05, 0.1) is 5.56 Å². The molecule has 2 amide bonds. The number of amides is 2. The summed E-state index contributed by atoms with van der Waals surface area (Å²) in [5.74, 6) is 1.03. The van der Waals surface area contributed by atoms with E-state index in [1.807, 2.05) is 17.9 Å². The average Bonchev–Trinajstić information content (AvgIpc) is 3.67. The van der Waals surface area contributed by atoms with Crippen molar-refractivity contribution in [3.8, 4) is 0 Å². The molecule has 5 rings (SSSR count). The fraction of sp³-hybridized carbons (Fsp3) is 0.484. The Morgan fingerprint density at radius 1 is 1.10 bits per heavy atom. The van der Waals surface area contributed by atoms with E-state index < -0.39 is 11.7 Å². The van der Waals surface area contributed by atoms with Crippen molar-refractivity contribution in [2.45, 2.75) is 85.2 Å². The Kier molecular flexibility index (Phi) is 9.49. The van der Waals surface area contributed by atoms with Crippen LogP contribution in [0.2, 0.25) is 0 Å². The van der Waals surface area contributed by atoms with Gasteiger partial charge in [0.2, 0.25) is 5.91 Å². The van der Waals surface area contributed by atoms with Crippen LogP contribution in [0.5, 0.6) is 0 Å². The van der Waals surface area contributed by atoms with Gasteiger partial charge in [0.25, 0.3) is 5.91 Å². The molecule has 0 spiro atoms. The highest BCUT2D eigenvalue weighted by molar-refractivity contribution is 5.96. The van der Waals surface area contributed by atoms with E-state index >= 15 is 0 Å². The van der Waals surface area contributed by atoms with Gasteiger partial charge in [-0.25, -0.2) is 4.39 Å². The van der Waals surface area contributed by atoms with Crippen LogP contribution in [0.3, 0.4) is 0 Å². The molecule has 208 valence electrons. The Balaban J connectivity index is 0.00000112. The molecule has 1 aromatic carbocycles. The first-order valence-electron chi connectivity index (χ1n) is 14.2. The van der Waals surface area contributed by atoms with Crippen LogP contribution in [0.1, 0.15) is 92.4 Å². The van der Waals surface area contributed by atoms with Crippen molar-refractivity contribution in [1.82, 2.24) is 25.0 Å². The monoisotopic (exact) mass is 533 g/mol. The largest absolute Gasteiger partial charge is 0.338 e. The van der Waals surface area contributed by atoms with Crippen molar-refractivity contribution < 1.29 is 14.0 Å². The van der Waals surface area contributed by atoms with Crippen LogP contribution >= 0.6 is 0 Å². The van der Waals surface area contributed by atoms with Gasteiger partial charge in [-0.1, -0.05) is 51.8 Å². The zero-order valence-electron chi connectivity index (χ0n) is 23.4. The highest BCUT2D eigenvalue weighted by Crippen LogP contribution is 2.30. The van der Waals surface area contributed by atoms with Gasteiger partial charge in [0.1, 0.15) is 11.6 Å². The summed E-state index contributed by atoms with van der Waals surface area (Å²) >= 11 is 0. The fourth-order valence-corrected chi connectivity index (χ4v) is 5.45. The first-order valence-corrected chi connectivity index (χ1v) is 14.2. The standard InChI is InChI=1S/C28H32FN5O2.C3H8/c1-18(26-32-31-25-11-6-13-34(25)26)7-5-8-19(2)30-27(35)23-15-22-17-33(14-12-21(22)16-24(23)29)28(36)20-9-3-4-10-20;1-3-2/h5,7-8,15-16,20H,2-4,6,9-14,17H2,1H3,(H,30,35);3H2,1-2H3/b8-5-,18-7+;. The molecule has 2 aromatic rings. The predicted molar refractivity (Wildman–Crippen MR) is 151 cm³/mol. The number of hydrogen-bond acceptors (Lipinski definition) is 4. The number of rotatable bonds is 6. The molecule has 3 heterocycles. The minimum atomic E-state index is -0.560. The highest BCUT2D eigenvalue weighted by atomic mass is 19.1. The Hall–Kier alpha value is -3.55. The summed E-state index contributed by atoms with van der Waals surface area (Å²) in [6, 6.07) is 3.02. The molecule has 1 saturated carbocycles. The lowest BCUT2D eigenvalue weighted by molar-refractivity contribution is -0.136. The molecule has 0 saturated heterocycles. The van der Waals surface area contributed by atoms with Crippen molar-refractivity contribution in [2.24, 2.45) is 5.92 Å². The summed E-state index contributed by atoms with van der Waals surface area (Å²) in [6.45, 7) is 12.0. The van der Waals surface area contributed by atoms with E-state index in [9.17, 15) is 14.0 Å². The van der Waals surface area contributed by atoms with E-state index in [1.54, 1.807) is 18.2 Å². The lowest BCUT2D eigenvalue weighted by Crippen LogP contribution is -2.39. The van der Waals surface area contributed by atoms with Gasteiger partial charge in [0, 0.05) is 37.7 Å². The van der Waals surface area contributed by atoms with Crippen LogP contribution in [0.4, 0.5) is 4.39 Å². The number of fused-ring (bicyclic) bond motifs is 2. The third-order valence-corrected chi connectivity index (χ3v) is 7.44. The Labute approximate surface area is 230 Å². The molecule has 8 heteroatoms. The molecule has 2 aliphatic heterocycles. The summed E-state index contributed by atoms with van der Waals surface area (Å²) in [4.78, 5) is 27.6. The Morgan fingerprint density at radius 3 is 2.59 bits per heavy atom. The van der Waals surface area contributed by atoms with E-state index in [1.165, 1.54) is 12.5 Å². The lowest BCUT2D eigenvalue weighted by atomic mass is 9.95. The van der Waals surface area contributed by atoms with Crippen LogP contribution in [0.15, 0.2) is 42.6 Å². The molecular weight excluding hydrogens is 493 g/mol. The number of carbonyl (C=O) groups excluding carboxylic acids is 2. The van der Waals surface area contributed by atoms with Gasteiger partial charge in [-0.2, -0.15) is 0 Å². The van der Waals surface area contributed by atoms with E-state index in [-0.39, 0.29) is 17.4 Å². The number of aryl methyl sites for hydroxylation is 1. The number of halogens is 1. The zero-order valence-corrected chi connectivity index (χ0v) is 23.4. The number of allylic oxidation sites excluding steroid dienone is 4. The van der Waals surface area contributed by atoms with Crippen LogP contribution in [-0.4, -0.2) is 38.0 Å². The molecule has 7 nitrogen and oxygen atoms in total. The molecule has 0 atom stereocenters. The Morgan fingerprint density at radius 2 is 1.85 bits per heavy atom. The molecule has 1 aromatic heterocycles. The molecule has 3 aliphatic rings. The molecule has 1 fully saturated rings. The van der Waals surface area contributed by atoms with Crippen LogP contribution < -0.4 is 5.32 Å². The number of aromatic nitrogens is 3. The zero-order chi connectivity index (χ0) is 27.9. The maximum Gasteiger partial charge on any atom is 0.258 e. The number of carbonyl (C=O) groups is 2. The summed E-state index contributed by atoms with van der Waals surface area (Å²) < 4.78 is 16.9. The van der Waals surface area contributed by atoms with Crippen LogP contribution in [0, 0.1) is 11.7 Å². The topological polar surface area (TPSA) is 80.1 Å². The third-order valence-electron chi connectivity index (χ3n) is 7.44. The number of nitrogens with zero attached hydrogens (tertiary/aromatic N) is 4. The van der Waals surface area contributed by atoms with Gasteiger partial charge in [-0.3, -0.25) is 9.59 Å². The van der Waals surface area contributed by atoms with E-state index in [4.69, 9.17) is 0 Å². The van der Waals surface area contributed by atoms with Crippen molar-refractivity contribution in [2.75, 3.05) is 6.54 Å². The highest BCUT2D eigenvalue weighted by Gasteiger charge is 2.30. The van der Waals surface area contributed by atoms with Crippen LogP contribution in [-0.2, 0) is 30.7 Å². The van der Waals surface area contributed by atoms with Gasteiger partial charge >= 0.3 is 0 Å². The second-order valence-corrected chi connectivity index (χ2v) is 10.7. The first-order chi connectivity index (χ1) is 18.8. The third kappa shape index (κ3) is 6.72. The van der Waals surface area contributed by atoms with E-state index in [0.29, 0.717) is 25.2 Å². The molecule has 0 bridgehead atoms. The maximum atomic E-state index is 14.8. The van der Waals surface area contributed by atoms with E-state index in [0.717, 1.165) is 73.4 Å².